The molecule has 0 saturated carbocycles. The third-order valence-electron chi connectivity index (χ3n) is 2.88. The monoisotopic (exact) mass is 268 g/mol. The van der Waals surface area contributed by atoms with Crippen molar-refractivity contribution < 1.29 is 4.79 Å². The Morgan fingerprint density at radius 3 is 2.67 bits per heavy atom. The predicted molar refractivity (Wildman–Crippen MR) is 77.9 cm³/mol. The quantitative estimate of drug-likeness (QED) is 0.771. The Kier molecular flexibility index (Phi) is 6.36. The fourth-order valence-electron chi connectivity index (χ4n) is 1.86. The summed E-state index contributed by atoms with van der Waals surface area (Å²) in [6.07, 6.45) is 1.53. The highest BCUT2D eigenvalue weighted by molar-refractivity contribution is 7.11. The number of rotatable bonds is 7. The molecule has 0 unspecified atom stereocenters. The maximum atomic E-state index is 12.2. The van der Waals surface area contributed by atoms with Crippen molar-refractivity contribution in [2.45, 2.75) is 46.2 Å². The number of carbonyl (C=O) groups is 1. The highest BCUT2D eigenvalue weighted by atomic mass is 32.1. The maximum absolute atomic E-state index is 12.2. The Morgan fingerprint density at radius 2 is 2.17 bits per heavy atom. The van der Waals surface area contributed by atoms with Crippen molar-refractivity contribution in [1.82, 2.24) is 10.2 Å². The summed E-state index contributed by atoms with van der Waals surface area (Å²) in [5.74, 6) is 0.256. The largest absolute Gasteiger partial charge is 0.335 e. The molecular formula is C14H24N2OS. The zero-order valence-electron chi connectivity index (χ0n) is 11.8. The van der Waals surface area contributed by atoms with Gasteiger partial charge in [0.15, 0.2) is 0 Å². The molecule has 1 aromatic heterocycles. The first-order valence-electron chi connectivity index (χ1n) is 6.54. The van der Waals surface area contributed by atoms with Crippen LogP contribution in [0.1, 0.15) is 36.4 Å². The van der Waals surface area contributed by atoms with E-state index in [9.17, 15) is 4.79 Å². The summed E-state index contributed by atoms with van der Waals surface area (Å²) >= 11 is 1.77. The third kappa shape index (κ3) is 4.78. The summed E-state index contributed by atoms with van der Waals surface area (Å²) in [7, 11) is 1.92. The molecule has 0 fully saturated rings. The van der Waals surface area contributed by atoms with Gasteiger partial charge < -0.3 is 10.2 Å². The highest BCUT2D eigenvalue weighted by Crippen LogP contribution is 2.19. The Labute approximate surface area is 114 Å². The van der Waals surface area contributed by atoms with E-state index < -0.39 is 0 Å². The number of hydrogen-bond donors (Lipinski definition) is 1. The molecule has 1 amide bonds. The van der Waals surface area contributed by atoms with Crippen LogP contribution in [-0.4, -0.2) is 30.4 Å². The first-order valence-corrected chi connectivity index (χ1v) is 7.35. The van der Waals surface area contributed by atoms with Crippen LogP contribution in [0.3, 0.4) is 0 Å². The first kappa shape index (κ1) is 15.2. The molecule has 0 saturated heterocycles. The summed E-state index contributed by atoms with van der Waals surface area (Å²) in [5, 5.41) is 3.08. The summed E-state index contributed by atoms with van der Waals surface area (Å²) in [6, 6.07) is 4.50. The minimum Gasteiger partial charge on any atom is -0.335 e. The second kappa shape index (κ2) is 7.54. The number of thiophene rings is 1. The van der Waals surface area contributed by atoms with Crippen molar-refractivity contribution >= 4 is 17.2 Å². The van der Waals surface area contributed by atoms with Gasteiger partial charge in [0.05, 0.1) is 6.54 Å². The Hall–Kier alpha value is -0.870. The molecular weight excluding hydrogens is 244 g/mol. The molecule has 1 rings (SSSR count). The SMILES string of the molecule is CNCCCC(=O)N(Cc1ccc(C)s1)C(C)C. The highest BCUT2D eigenvalue weighted by Gasteiger charge is 2.17. The lowest BCUT2D eigenvalue weighted by molar-refractivity contribution is -0.133. The molecule has 0 aromatic carbocycles. The fraction of sp³-hybridized carbons (Fsp3) is 0.643. The van der Waals surface area contributed by atoms with Gasteiger partial charge >= 0.3 is 0 Å². The summed E-state index contributed by atoms with van der Waals surface area (Å²) in [4.78, 5) is 16.7. The van der Waals surface area contributed by atoms with E-state index in [1.807, 2.05) is 11.9 Å². The fourth-order valence-corrected chi connectivity index (χ4v) is 2.75. The van der Waals surface area contributed by atoms with Crippen LogP contribution in [0.5, 0.6) is 0 Å². The van der Waals surface area contributed by atoms with Gasteiger partial charge in [-0.2, -0.15) is 0 Å². The summed E-state index contributed by atoms with van der Waals surface area (Å²) < 4.78 is 0. The first-order chi connectivity index (χ1) is 8.54. The average Bonchev–Trinajstić information content (AvgIpc) is 2.71. The van der Waals surface area contributed by atoms with Gasteiger partial charge in [-0.1, -0.05) is 0 Å². The molecule has 18 heavy (non-hydrogen) atoms. The van der Waals surface area contributed by atoms with Crippen LogP contribution in [0.4, 0.5) is 0 Å². The third-order valence-corrected chi connectivity index (χ3v) is 3.87. The molecule has 0 radical (unpaired) electrons. The number of amides is 1. The van der Waals surface area contributed by atoms with E-state index in [4.69, 9.17) is 0 Å². The lowest BCUT2D eigenvalue weighted by atomic mass is 10.2. The van der Waals surface area contributed by atoms with Crippen molar-refractivity contribution in [2.24, 2.45) is 0 Å². The van der Waals surface area contributed by atoms with Gasteiger partial charge in [0.25, 0.3) is 0 Å². The molecule has 1 heterocycles. The predicted octanol–water partition coefficient (Wildman–Crippen LogP) is 2.79. The topological polar surface area (TPSA) is 32.3 Å². The van der Waals surface area contributed by atoms with Gasteiger partial charge in [-0.05, 0) is 52.9 Å². The van der Waals surface area contributed by atoms with Crippen LogP contribution in [0.15, 0.2) is 12.1 Å². The maximum Gasteiger partial charge on any atom is 0.223 e. The van der Waals surface area contributed by atoms with Crippen molar-refractivity contribution in [2.75, 3.05) is 13.6 Å². The Morgan fingerprint density at radius 1 is 1.44 bits per heavy atom. The van der Waals surface area contributed by atoms with Crippen LogP contribution in [0.2, 0.25) is 0 Å². The van der Waals surface area contributed by atoms with Crippen molar-refractivity contribution in [1.29, 1.82) is 0 Å². The molecule has 0 aliphatic carbocycles. The molecule has 3 nitrogen and oxygen atoms in total. The van der Waals surface area contributed by atoms with E-state index >= 15 is 0 Å². The van der Waals surface area contributed by atoms with Crippen LogP contribution in [0.25, 0.3) is 0 Å². The van der Waals surface area contributed by atoms with Crippen LogP contribution in [0, 0.1) is 6.92 Å². The second-order valence-electron chi connectivity index (χ2n) is 4.83. The molecule has 0 spiro atoms. The van der Waals surface area contributed by atoms with Gasteiger partial charge in [0.2, 0.25) is 5.91 Å². The summed E-state index contributed by atoms with van der Waals surface area (Å²) in [6.45, 7) is 7.90. The number of nitrogens with zero attached hydrogens (tertiary/aromatic N) is 1. The Balaban J connectivity index is 2.56. The molecule has 0 aliphatic rings. The molecule has 0 bridgehead atoms. The van der Waals surface area contributed by atoms with E-state index in [1.165, 1.54) is 9.75 Å². The van der Waals surface area contributed by atoms with E-state index in [-0.39, 0.29) is 11.9 Å². The Bertz CT molecular complexity index is 374. The zero-order valence-corrected chi connectivity index (χ0v) is 12.6. The normalized spacial score (nSPS) is 10.9. The molecule has 4 heteroatoms. The standard InChI is InChI=1S/C14H24N2OS/c1-11(2)16(14(17)6-5-9-15-4)10-13-8-7-12(3)18-13/h7-8,11,15H,5-6,9-10H2,1-4H3. The van der Waals surface area contributed by atoms with E-state index in [0.29, 0.717) is 6.42 Å². The van der Waals surface area contributed by atoms with Gasteiger partial charge in [-0.25, -0.2) is 0 Å². The van der Waals surface area contributed by atoms with E-state index in [1.54, 1.807) is 11.3 Å². The smallest absolute Gasteiger partial charge is 0.223 e. The van der Waals surface area contributed by atoms with Gasteiger partial charge in [-0.15, -0.1) is 11.3 Å². The lowest BCUT2D eigenvalue weighted by Crippen LogP contribution is -2.36. The molecule has 1 N–H and O–H groups in total. The number of nitrogens with one attached hydrogen (secondary N) is 1. The van der Waals surface area contributed by atoms with Crippen LogP contribution < -0.4 is 5.32 Å². The number of carbonyl (C=O) groups excluding carboxylic acids is 1. The molecule has 0 aliphatic heterocycles. The zero-order chi connectivity index (χ0) is 13.5. The van der Waals surface area contributed by atoms with Crippen molar-refractivity contribution in [3.63, 3.8) is 0 Å². The minimum absolute atomic E-state index is 0.256. The van der Waals surface area contributed by atoms with Crippen molar-refractivity contribution in [3.8, 4) is 0 Å². The molecule has 0 atom stereocenters. The van der Waals surface area contributed by atoms with Crippen molar-refractivity contribution in [3.05, 3.63) is 21.9 Å². The van der Waals surface area contributed by atoms with Gasteiger partial charge in [0.1, 0.15) is 0 Å². The van der Waals surface area contributed by atoms with E-state index in [2.05, 4.69) is 38.2 Å². The lowest BCUT2D eigenvalue weighted by Gasteiger charge is -2.26. The summed E-state index contributed by atoms with van der Waals surface area (Å²) in [5.41, 5.74) is 0. The average molecular weight is 268 g/mol. The number of aryl methyl sites for hydroxylation is 1. The van der Waals surface area contributed by atoms with Crippen LogP contribution in [-0.2, 0) is 11.3 Å². The molecule has 1 aromatic rings. The van der Waals surface area contributed by atoms with Gasteiger partial charge in [0, 0.05) is 22.2 Å². The second-order valence-corrected chi connectivity index (χ2v) is 6.21. The molecule has 102 valence electrons. The minimum atomic E-state index is 0.256. The van der Waals surface area contributed by atoms with E-state index in [0.717, 1.165) is 19.5 Å². The van der Waals surface area contributed by atoms with Gasteiger partial charge in [-0.3, -0.25) is 4.79 Å². The number of hydrogen-bond acceptors (Lipinski definition) is 3. The van der Waals surface area contributed by atoms with Crippen LogP contribution >= 0.6 is 11.3 Å².